The third-order valence-corrected chi connectivity index (χ3v) is 2.32. The molecule has 0 radical (unpaired) electrons. The summed E-state index contributed by atoms with van der Waals surface area (Å²) < 4.78 is 0. The standard InChI is InChI=1S/C10H14O4.C5H8O2/c1-4-8(13)10(7(3)12)9(14)5-6(2)11;1-4(6)3-5(2)7/h10H,4-5H2,1-3H3;3H2,1-2H3. The minimum absolute atomic E-state index is 0.0625. The fourth-order valence-electron chi connectivity index (χ4n) is 1.54. The van der Waals surface area contributed by atoms with E-state index in [0.717, 1.165) is 0 Å². The van der Waals surface area contributed by atoms with Gasteiger partial charge in [-0.1, -0.05) is 6.92 Å². The first-order valence-electron chi connectivity index (χ1n) is 6.57. The van der Waals surface area contributed by atoms with Crippen molar-refractivity contribution in [1.82, 2.24) is 0 Å². The van der Waals surface area contributed by atoms with Gasteiger partial charge in [0.25, 0.3) is 0 Å². The SMILES string of the molecule is CC(=O)CC(C)=O.CCC(=O)C(C(C)=O)C(=O)CC(C)=O. The first kappa shape index (κ1) is 21.3. The molecule has 0 aliphatic heterocycles. The zero-order valence-corrected chi connectivity index (χ0v) is 13.1. The van der Waals surface area contributed by atoms with Crippen molar-refractivity contribution in [2.24, 2.45) is 5.92 Å². The van der Waals surface area contributed by atoms with Gasteiger partial charge < -0.3 is 0 Å². The molecule has 0 saturated carbocycles. The summed E-state index contributed by atoms with van der Waals surface area (Å²) in [4.78, 5) is 64.3. The van der Waals surface area contributed by atoms with Crippen molar-refractivity contribution < 1.29 is 28.8 Å². The molecule has 1 atom stereocenters. The van der Waals surface area contributed by atoms with Crippen LogP contribution in [0.5, 0.6) is 0 Å². The summed E-state index contributed by atoms with van der Waals surface area (Å²) in [6.45, 7) is 6.84. The normalized spacial score (nSPS) is 10.7. The summed E-state index contributed by atoms with van der Waals surface area (Å²) in [5.74, 6) is -3.17. The lowest BCUT2D eigenvalue weighted by Crippen LogP contribution is -2.31. The zero-order chi connectivity index (χ0) is 17.2. The van der Waals surface area contributed by atoms with Crippen LogP contribution < -0.4 is 0 Å². The van der Waals surface area contributed by atoms with Gasteiger partial charge in [-0.3, -0.25) is 28.8 Å². The number of hydrogen-bond acceptors (Lipinski definition) is 6. The molecule has 0 bridgehead atoms. The van der Waals surface area contributed by atoms with Crippen LogP contribution in [-0.4, -0.2) is 34.7 Å². The number of hydrogen-bond donors (Lipinski definition) is 0. The van der Waals surface area contributed by atoms with Gasteiger partial charge in [-0.05, 0) is 27.7 Å². The molecule has 6 heteroatoms. The van der Waals surface area contributed by atoms with Gasteiger partial charge >= 0.3 is 0 Å². The highest BCUT2D eigenvalue weighted by atomic mass is 16.2. The molecular weight excluding hydrogens is 276 g/mol. The van der Waals surface area contributed by atoms with E-state index in [2.05, 4.69) is 0 Å². The monoisotopic (exact) mass is 298 g/mol. The molecule has 6 nitrogen and oxygen atoms in total. The van der Waals surface area contributed by atoms with Crippen molar-refractivity contribution in [2.45, 2.75) is 53.9 Å². The maximum Gasteiger partial charge on any atom is 0.158 e. The van der Waals surface area contributed by atoms with Crippen LogP contribution in [-0.2, 0) is 28.8 Å². The molecule has 0 rings (SSSR count). The molecule has 0 spiro atoms. The third-order valence-electron chi connectivity index (χ3n) is 2.32. The fourth-order valence-corrected chi connectivity index (χ4v) is 1.54. The highest BCUT2D eigenvalue weighted by Crippen LogP contribution is 2.08. The second kappa shape index (κ2) is 10.8. The minimum atomic E-state index is -1.23. The van der Waals surface area contributed by atoms with Crippen molar-refractivity contribution in [1.29, 1.82) is 0 Å². The number of carbonyl (C=O) groups is 6. The Morgan fingerprint density at radius 1 is 0.667 bits per heavy atom. The van der Waals surface area contributed by atoms with Crippen LogP contribution in [0.25, 0.3) is 0 Å². The summed E-state index contributed by atoms with van der Waals surface area (Å²) in [7, 11) is 0. The van der Waals surface area contributed by atoms with Crippen LogP contribution in [0.3, 0.4) is 0 Å². The maximum atomic E-state index is 11.3. The van der Waals surface area contributed by atoms with Gasteiger partial charge in [0.1, 0.15) is 29.1 Å². The molecule has 0 amide bonds. The van der Waals surface area contributed by atoms with E-state index in [4.69, 9.17) is 0 Å². The molecule has 21 heavy (non-hydrogen) atoms. The van der Waals surface area contributed by atoms with Crippen LogP contribution in [0.15, 0.2) is 0 Å². The molecule has 0 saturated heterocycles. The topological polar surface area (TPSA) is 102 Å². The van der Waals surface area contributed by atoms with E-state index in [1.165, 1.54) is 27.7 Å². The Labute approximate surface area is 124 Å². The molecule has 0 aliphatic rings. The van der Waals surface area contributed by atoms with E-state index in [0.29, 0.717) is 0 Å². The number of rotatable bonds is 8. The largest absolute Gasteiger partial charge is 0.300 e. The van der Waals surface area contributed by atoms with Crippen LogP contribution >= 0.6 is 0 Å². The second-order valence-electron chi connectivity index (χ2n) is 4.79. The maximum absolute atomic E-state index is 11.3. The van der Waals surface area contributed by atoms with Crippen molar-refractivity contribution in [3.05, 3.63) is 0 Å². The Hall–Kier alpha value is -1.98. The Morgan fingerprint density at radius 2 is 1.05 bits per heavy atom. The van der Waals surface area contributed by atoms with E-state index in [9.17, 15) is 28.8 Å². The predicted molar refractivity (Wildman–Crippen MR) is 75.8 cm³/mol. The van der Waals surface area contributed by atoms with E-state index >= 15 is 0 Å². The Morgan fingerprint density at radius 3 is 1.24 bits per heavy atom. The van der Waals surface area contributed by atoms with Crippen LogP contribution in [0.1, 0.15) is 53.9 Å². The quantitative estimate of drug-likeness (QED) is 0.625. The molecule has 0 aromatic heterocycles. The van der Waals surface area contributed by atoms with Gasteiger partial charge in [0, 0.05) is 6.42 Å². The average molecular weight is 298 g/mol. The van der Waals surface area contributed by atoms with E-state index in [-0.39, 0.29) is 36.6 Å². The average Bonchev–Trinajstić information content (AvgIpc) is 2.25. The van der Waals surface area contributed by atoms with E-state index in [1.54, 1.807) is 6.92 Å². The zero-order valence-electron chi connectivity index (χ0n) is 13.1. The first-order valence-corrected chi connectivity index (χ1v) is 6.57. The first-order chi connectivity index (χ1) is 9.52. The molecule has 0 aromatic rings. The fraction of sp³-hybridized carbons (Fsp3) is 0.600. The third kappa shape index (κ3) is 11.5. The number of ketones is 6. The van der Waals surface area contributed by atoms with Crippen LogP contribution in [0.4, 0.5) is 0 Å². The van der Waals surface area contributed by atoms with Crippen molar-refractivity contribution in [3.63, 3.8) is 0 Å². The minimum Gasteiger partial charge on any atom is -0.300 e. The van der Waals surface area contributed by atoms with Gasteiger partial charge in [-0.15, -0.1) is 0 Å². The van der Waals surface area contributed by atoms with Gasteiger partial charge in [-0.25, -0.2) is 0 Å². The molecular formula is C15H22O6. The lowest BCUT2D eigenvalue weighted by molar-refractivity contribution is -0.140. The molecule has 0 fully saturated rings. The van der Waals surface area contributed by atoms with Crippen LogP contribution in [0.2, 0.25) is 0 Å². The Kier molecular flexibility index (Phi) is 10.9. The molecule has 0 N–H and O–H groups in total. The summed E-state index contributed by atoms with van der Waals surface area (Å²) in [6.07, 6.45) is -0.121. The van der Waals surface area contributed by atoms with Crippen LogP contribution in [0, 0.1) is 5.92 Å². The smallest absolute Gasteiger partial charge is 0.158 e. The summed E-state index contributed by atoms with van der Waals surface area (Å²) in [5, 5.41) is 0. The summed E-state index contributed by atoms with van der Waals surface area (Å²) in [5.41, 5.74) is 0. The van der Waals surface area contributed by atoms with Gasteiger partial charge in [0.2, 0.25) is 0 Å². The number of carbonyl (C=O) groups excluding carboxylic acids is 6. The van der Waals surface area contributed by atoms with Gasteiger partial charge in [-0.2, -0.15) is 0 Å². The predicted octanol–water partition coefficient (Wildman–Crippen LogP) is 1.27. The molecule has 0 heterocycles. The van der Waals surface area contributed by atoms with Gasteiger partial charge in [0.15, 0.2) is 11.6 Å². The second-order valence-corrected chi connectivity index (χ2v) is 4.79. The van der Waals surface area contributed by atoms with E-state index in [1.807, 2.05) is 0 Å². The summed E-state index contributed by atoms with van der Waals surface area (Å²) in [6, 6.07) is 0. The van der Waals surface area contributed by atoms with Crippen molar-refractivity contribution in [2.75, 3.05) is 0 Å². The van der Waals surface area contributed by atoms with Gasteiger partial charge in [0.05, 0.1) is 12.8 Å². The molecule has 0 aliphatic carbocycles. The lowest BCUT2D eigenvalue weighted by Gasteiger charge is -2.08. The highest BCUT2D eigenvalue weighted by molar-refractivity contribution is 6.21. The molecule has 0 aromatic carbocycles. The molecule has 118 valence electrons. The molecule has 1 unspecified atom stereocenters. The Bertz CT molecular complexity index is 435. The van der Waals surface area contributed by atoms with E-state index < -0.39 is 23.3 Å². The van der Waals surface area contributed by atoms with Crippen molar-refractivity contribution in [3.8, 4) is 0 Å². The summed E-state index contributed by atoms with van der Waals surface area (Å²) >= 11 is 0. The van der Waals surface area contributed by atoms with Crippen molar-refractivity contribution >= 4 is 34.7 Å². The Balaban J connectivity index is 0. The highest BCUT2D eigenvalue weighted by Gasteiger charge is 2.29. The number of Topliss-reactive ketones (excluding diaryl/α,β-unsaturated/α-hetero) is 6. The lowest BCUT2D eigenvalue weighted by atomic mass is 9.91.